The smallest absolute Gasteiger partial charge is 0.0619 e. The highest BCUT2D eigenvalue weighted by atomic mass is 16.5. The second-order valence-electron chi connectivity index (χ2n) is 3.85. The molecule has 2 unspecified atom stereocenters. The van der Waals surface area contributed by atoms with Gasteiger partial charge < -0.3 is 9.84 Å². The van der Waals surface area contributed by atoms with E-state index in [1.54, 1.807) is 7.11 Å². The normalized spacial score (nSPS) is 26.5. The van der Waals surface area contributed by atoms with Crippen molar-refractivity contribution in [3.63, 3.8) is 0 Å². The van der Waals surface area contributed by atoms with Crippen LogP contribution in [0.4, 0.5) is 0 Å². The lowest BCUT2D eigenvalue weighted by molar-refractivity contribution is 0.0696. The van der Waals surface area contributed by atoms with Crippen LogP contribution in [0.2, 0.25) is 0 Å². The Balaban J connectivity index is 2.42. The standard InChI is InChI=1S/C10H21NO2/c1-9-4-3-6-11(9)10(5-7-12)8-13-2/h9-10,12H,3-8H2,1-2H3. The van der Waals surface area contributed by atoms with Crippen molar-refractivity contribution in [2.24, 2.45) is 0 Å². The van der Waals surface area contributed by atoms with Gasteiger partial charge in [0.1, 0.15) is 0 Å². The number of hydrogen-bond acceptors (Lipinski definition) is 3. The van der Waals surface area contributed by atoms with Crippen LogP contribution in [0.25, 0.3) is 0 Å². The minimum Gasteiger partial charge on any atom is -0.396 e. The molecule has 0 saturated carbocycles. The molecule has 1 saturated heterocycles. The fraction of sp³-hybridized carbons (Fsp3) is 1.00. The molecule has 78 valence electrons. The Labute approximate surface area is 80.7 Å². The van der Waals surface area contributed by atoms with Crippen molar-refractivity contribution in [3.8, 4) is 0 Å². The highest BCUT2D eigenvalue weighted by Crippen LogP contribution is 2.20. The van der Waals surface area contributed by atoms with Gasteiger partial charge in [0.2, 0.25) is 0 Å². The maximum Gasteiger partial charge on any atom is 0.0619 e. The third-order valence-electron chi connectivity index (χ3n) is 2.89. The summed E-state index contributed by atoms with van der Waals surface area (Å²) < 4.78 is 5.16. The average Bonchev–Trinajstić information content (AvgIpc) is 2.51. The first-order valence-corrected chi connectivity index (χ1v) is 5.15. The van der Waals surface area contributed by atoms with E-state index in [-0.39, 0.29) is 6.61 Å². The molecular weight excluding hydrogens is 166 g/mol. The predicted octanol–water partition coefficient (Wildman–Crippen LogP) is 0.868. The first-order chi connectivity index (χ1) is 6.29. The number of nitrogens with zero attached hydrogens (tertiary/aromatic N) is 1. The highest BCUT2D eigenvalue weighted by Gasteiger charge is 2.26. The van der Waals surface area contributed by atoms with Crippen LogP contribution >= 0.6 is 0 Å². The molecule has 0 aliphatic carbocycles. The van der Waals surface area contributed by atoms with Gasteiger partial charge in [-0.15, -0.1) is 0 Å². The van der Waals surface area contributed by atoms with Gasteiger partial charge in [-0.25, -0.2) is 0 Å². The summed E-state index contributed by atoms with van der Waals surface area (Å²) in [6, 6.07) is 1.07. The topological polar surface area (TPSA) is 32.7 Å². The molecule has 1 fully saturated rings. The van der Waals surface area contributed by atoms with E-state index in [0.717, 1.165) is 19.6 Å². The van der Waals surface area contributed by atoms with Crippen molar-refractivity contribution in [1.82, 2.24) is 4.90 Å². The van der Waals surface area contributed by atoms with E-state index in [2.05, 4.69) is 11.8 Å². The lowest BCUT2D eigenvalue weighted by Crippen LogP contribution is -2.41. The Morgan fingerprint density at radius 2 is 2.38 bits per heavy atom. The molecule has 0 amide bonds. The molecule has 3 heteroatoms. The molecule has 0 bridgehead atoms. The van der Waals surface area contributed by atoms with Gasteiger partial charge in [-0.05, 0) is 32.7 Å². The summed E-state index contributed by atoms with van der Waals surface area (Å²) in [6.45, 7) is 4.42. The Hall–Kier alpha value is -0.120. The molecule has 0 aromatic heterocycles. The van der Waals surface area contributed by atoms with E-state index in [1.807, 2.05) is 0 Å². The van der Waals surface area contributed by atoms with Crippen LogP contribution in [0, 0.1) is 0 Å². The summed E-state index contributed by atoms with van der Waals surface area (Å²) in [4.78, 5) is 2.46. The van der Waals surface area contributed by atoms with Crippen molar-refractivity contribution in [2.75, 3.05) is 26.9 Å². The van der Waals surface area contributed by atoms with Crippen molar-refractivity contribution in [3.05, 3.63) is 0 Å². The zero-order chi connectivity index (χ0) is 9.68. The molecule has 0 radical (unpaired) electrons. The summed E-state index contributed by atoms with van der Waals surface area (Å²) in [7, 11) is 1.73. The van der Waals surface area contributed by atoms with Crippen LogP contribution in [0.5, 0.6) is 0 Å². The van der Waals surface area contributed by atoms with Crippen LogP contribution in [-0.2, 0) is 4.74 Å². The number of methoxy groups -OCH3 is 1. The van der Waals surface area contributed by atoms with E-state index in [9.17, 15) is 0 Å². The zero-order valence-corrected chi connectivity index (χ0v) is 8.70. The predicted molar refractivity (Wildman–Crippen MR) is 52.8 cm³/mol. The molecule has 0 aromatic carbocycles. The summed E-state index contributed by atoms with van der Waals surface area (Å²) >= 11 is 0. The van der Waals surface area contributed by atoms with Gasteiger partial charge >= 0.3 is 0 Å². The van der Waals surface area contributed by atoms with Crippen molar-refractivity contribution < 1.29 is 9.84 Å². The number of aliphatic hydroxyl groups is 1. The third-order valence-corrected chi connectivity index (χ3v) is 2.89. The largest absolute Gasteiger partial charge is 0.396 e. The molecule has 13 heavy (non-hydrogen) atoms. The Morgan fingerprint density at radius 1 is 1.62 bits per heavy atom. The highest BCUT2D eigenvalue weighted by molar-refractivity contribution is 4.81. The number of likely N-dealkylation sites (tertiary alicyclic amines) is 1. The minimum atomic E-state index is 0.261. The first-order valence-electron chi connectivity index (χ1n) is 5.15. The van der Waals surface area contributed by atoms with Crippen LogP contribution in [0.3, 0.4) is 0 Å². The molecule has 1 aliphatic rings. The van der Waals surface area contributed by atoms with Crippen LogP contribution in [0.15, 0.2) is 0 Å². The molecule has 1 N–H and O–H groups in total. The van der Waals surface area contributed by atoms with E-state index in [4.69, 9.17) is 9.84 Å². The quantitative estimate of drug-likeness (QED) is 0.693. The van der Waals surface area contributed by atoms with Crippen LogP contribution in [0.1, 0.15) is 26.2 Å². The molecule has 2 atom stereocenters. The monoisotopic (exact) mass is 187 g/mol. The zero-order valence-electron chi connectivity index (χ0n) is 8.70. The first kappa shape index (κ1) is 11.0. The summed E-state index contributed by atoms with van der Waals surface area (Å²) in [5.41, 5.74) is 0. The molecular formula is C10H21NO2. The Bertz CT molecular complexity index is 135. The van der Waals surface area contributed by atoms with Crippen molar-refractivity contribution >= 4 is 0 Å². The molecule has 0 spiro atoms. The SMILES string of the molecule is COCC(CCO)N1CCCC1C. The number of hydrogen-bond donors (Lipinski definition) is 1. The van der Waals surface area contributed by atoms with Crippen LogP contribution in [-0.4, -0.2) is 49.0 Å². The minimum absolute atomic E-state index is 0.261. The Morgan fingerprint density at radius 3 is 2.85 bits per heavy atom. The summed E-state index contributed by atoms with van der Waals surface area (Å²) in [5.74, 6) is 0. The number of rotatable bonds is 5. The van der Waals surface area contributed by atoms with E-state index in [1.165, 1.54) is 12.8 Å². The summed E-state index contributed by atoms with van der Waals surface area (Å²) in [5, 5.41) is 8.93. The second kappa shape index (κ2) is 5.58. The van der Waals surface area contributed by atoms with Gasteiger partial charge in [-0.2, -0.15) is 0 Å². The van der Waals surface area contributed by atoms with Crippen molar-refractivity contribution in [1.29, 1.82) is 0 Å². The molecule has 3 nitrogen and oxygen atoms in total. The van der Waals surface area contributed by atoms with Gasteiger partial charge in [0.25, 0.3) is 0 Å². The molecule has 1 rings (SSSR count). The average molecular weight is 187 g/mol. The van der Waals surface area contributed by atoms with Gasteiger partial charge in [-0.1, -0.05) is 0 Å². The Kier molecular flexibility index (Phi) is 4.70. The molecule has 1 aliphatic heterocycles. The number of ether oxygens (including phenoxy) is 1. The van der Waals surface area contributed by atoms with Gasteiger partial charge in [0, 0.05) is 25.8 Å². The second-order valence-corrected chi connectivity index (χ2v) is 3.85. The maximum absolute atomic E-state index is 8.93. The number of aliphatic hydroxyl groups excluding tert-OH is 1. The molecule has 0 aromatic rings. The lowest BCUT2D eigenvalue weighted by atomic mass is 10.1. The summed E-state index contributed by atoms with van der Waals surface area (Å²) in [6.07, 6.45) is 3.40. The van der Waals surface area contributed by atoms with Crippen LogP contribution < -0.4 is 0 Å². The molecule has 1 heterocycles. The van der Waals surface area contributed by atoms with Gasteiger partial charge in [0.15, 0.2) is 0 Å². The van der Waals surface area contributed by atoms with Gasteiger partial charge in [0.05, 0.1) is 6.61 Å². The fourth-order valence-corrected chi connectivity index (χ4v) is 2.18. The van der Waals surface area contributed by atoms with Gasteiger partial charge in [-0.3, -0.25) is 4.90 Å². The van der Waals surface area contributed by atoms with E-state index in [0.29, 0.717) is 12.1 Å². The van der Waals surface area contributed by atoms with Crippen molar-refractivity contribution in [2.45, 2.75) is 38.3 Å². The maximum atomic E-state index is 8.93. The van der Waals surface area contributed by atoms with E-state index >= 15 is 0 Å². The van der Waals surface area contributed by atoms with E-state index < -0.39 is 0 Å². The fourth-order valence-electron chi connectivity index (χ4n) is 2.18. The lowest BCUT2D eigenvalue weighted by Gasteiger charge is -2.30. The third kappa shape index (κ3) is 2.93.